The minimum atomic E-state index is 0.236. The zero-order valence-corrected chi connectivity index (χ0v) is 11.4. The summed E-state index contributed by atoms with van der Waals surface area (Å²) in [5.41, 5.74) is 3.25. The summed E-state index contributed by atoms with van der Waals surface area (Å²) in [5.74, 6) is 0. The normalized spacial score (nSPS) is 10.7. The summed E-state index contributed by atoms with van der Waals surface area (Å²) in [4.78, 5) is 4.11. The summed E-state index contributed by atoms with van der Waals surface area (Å²) in [6.45, 7) is 6.07. The highest BCUT2D eigenvalue weighted by Gasteiger charge is 2.21. The van der Waals surface area contributed by atoms with Gasteiger partial charge in [-0.1, -0.05) is 11.6 Å². The Morgan fingerprint density at radius 3 is 2.67 bits per heavy atom. The van der Waals surface area contributed by atoms with Gasteiger partial charge in [0, 0.05) is 29.7 Å². The van der Waals surface area contributed by atoms with Crippen LogP contribution < -0.4 is 0 Å². The average Bonchev–Trinajstić information content (AvgIpc) is 2.61. The number of halogens is 1. The van der Waals surface area contributed by atoms with Crippen molar-refractivity contribution in [2.24, 2.45) is 0 Å². The van der Waals surface area contributed by atoms with Crippen molar-refractivity contribution in [3.63, 3.8) is 0 Å². The van der Waals surface area contributed by atoms with E-state index in [0.29, 0.717) is 10.6 Å². The Hall–Kier alpha value is -1.79. The van der Waals surface area contributed by atoms with Crippen LogP contribution >= 0.6 is 11.6 Å². The Labute approximate surface area is 112 Å². The zero-order chi connectivity index (χ0) is 13.3. The third-order valence-corrected chi connectivity index (χ3v) is 3.32. The fraction of sp³-hybridized carbons (Fsp3) is 0.286. The predicted octanol–water partition coefficient (Wildman–Crippen LogP) is 3.96. The van der Waals surface area contributed by atoms with Crippen LogP contribution in [0.15, 0.2) is 24.5 Å². The van der Waals surface area contributed by atoms with E-state index in [4.69, 9.17) is 11.6 Å². The maximum atomic E-state index is 9.20. The molecule has 2 rings (SSSR count). The van der Waals surface area contributed by atoms with E-state index < -0.39 is 0 Å². The minimum Gasteiger partial charge on any atom is -0.340 e. The topological polar surface area (TPSA) is 41.6 Å². The Kier molecular flexibility index (Phi) is 3.40. The highest BCUT2D eigenvalue weighted by molar-refractivity contribution is 6.34. The lowest BCUT2D eigenvalue weighted by Crippen LogP contribution is -2.05. The lowest BCUT2D eigenvalue weighted by molar-refractivity contribution is 0.594. The molecule has 0 bridgehead atoms. The van der Waals surface area contributed by atoms with Gasteiger partial charge in [0.1, 0.15) is 6.07 Å². The van der Waals surface area contributed by atoms with Crippen LogP contribution in [0.2, 0.25) is 5.02 Å². The molecule has 92 valence electrons. The first-order valence-electron chi connectivity index (χ1n) is 5.78. The molecule has 0 amide bonds. The van der Waals surface area contributed by atoms with Crippen molar-refractivity contribution >= 4 is 11.6 Å². The summed E-state index contributed by atoms with van der Waals surface area (Å²) >= 11 is 6.34. The van der Waals surface area contributed by atoms with E-state index >= 15 is 0 Å². The Morgan fingerprint density at radius 1 is 1.44 bits per heavy atom. The van der Waals surface area contributed by atoms with Crippen molar-refractivity contribution in [3.05, 3.63) is 40.8 Å². The second kappa shape index (κ2) is 4.83. The van der Waals surface area contributed by atoms with Gasteiger partial charge >= 0.3 is 0 Å². The summed E-state index contributed by atoms with van der Waals surface area (Å²) in [7, 11) is 0. The van der Waals surface area contributed by atoms with Crippen LogP contribution in [0.4, 0.5) is 0 Å². The molecule has 0 atom stereocenters. The van der Waals surface area contributed by atoms with Crippen molar-refractivity contribution in [2.75, 3.05) is 0 Å². The molecule has 0 aliphatic carbocycles. The average molecular weight is 260 g/mol. The molecule has 0 unspecified atom stereocenters. The summed E-state index contributed by atoms with van der Waals surface area (Å²) in [5, 5.41) is 9.71. The third-order valence-electron chi connectivity index (χ3n) is 2.95. The van der Waals surface area contributed by atoms with E-state index in [1.165, 1.54) is 0 Å². The van der Waals surface area contributed by atoms with Gasteiger partial charge in [0.05, 0.1) is 16.3 Å². The lowest BCUT2D eigenvalue weighted by atomic mass is 10.2. The molecular formula is C14H14ClN3. The highest BCUT2D eigenvalue weighted by atomic mass is 35.5. The van der Waals surface area contributed by atoms with Gasteiger partial charge in [-0.15, -0.1) is 0 Å². The number of rotatable bonds is 2. The van der Waals surface area contributed by atoms with Gasteiger partial charge in [-0.2, -0.15) is 5.26 Å². The van der Waals surface area contributed by atoms with E-state index in [0.717, 1.165) is 17.0 Å². The van der Waals surface area contributed by atoms with Crippen LogP contribution in [-0.4, -0.2) is 9.55 Å². The first kappa shape index (κ1) is 12.7. The molecular weight excluding hydrogens is 246 g/mol. The van der Waals surface area contributed by atoms with Crippen LogP contribution in [0.5, 0.6) is 0 Å². The van der Waals surface area contributed by atoms with Crippen LogP contribution in [-0.2, 0) is 0 Å². The Bertz CT molecular complexity index is 606. The van der Waals surface area contributed by atoms with Crippen molar-refractivity contribution in [1.82, 2.24) is 9.55 Å². The molecule has 0 fully saturated rings. The number of aromatic nitrogens is 2. The molecule has 2 heterocycles. The summed E-state index contributed by atoms with van der Waals surface area (Å²) < 4.78 is 2.08. The molecule has 0 saturated carbocycles. The first-order chi connectivity index (χ1) is 8.57. The number of hydrogen-bond donors (Lipinski definition) is 0. The number of pyridine rings is 1. The van der Waals surface area contributed by atoms with Crippen LogP contribution in [0, 0.1) is 18.3 Å². The molecule has 0 N–H and O–H groups in total. The third kappa shape index (κ3) is 1.89. The van der Waals surface area contributed by atoms with E-state index in [-0.39, 0.29) is 6.04 Å². The fourth-order valence-electron chi connectivity index (χ4n) is 2.22. The monoisotopic (exact) mass is 259 g/mol. The van der Waals surface area contributed by atoms with E-state index in [1.807, 2.05) is 19.1 Å². The Balaban J connectivity index is 2.79. The molecule has 0 aliphatic heterocycles. The van der Waals surface area contributed by atoms with Crippen molar-refractivity contribution < 1.29 is 0 Å². The maximum Gasteiger partial charge on any atom is 0.103 e. The molecule has 2 aromatic rings. The van der Waals surface area contributed by atoms with Crippen molar-refractivity contribution in [1.29, 1.82) is 5.26 Å². The summed E-state index contributed by atoms with van der Waals surface area (Å²) in [6, 6.07) is 6.23. The molecule has 18 heavy (non-hydrogen) atoms. The molecule has 0 radical (unpaired) electrons. The van der Waals surface area contributed by atoms with Gasteiger partial charge in [-0.25, -0.2) is 0 Å². The van der Waals surface area contributed by atoms with Gasteiger partial charge in [0.15, 0.2) is 0 Å². The van der Waals surface area contributed by atoms with Crippen LogP contribution in [0.25, 0.3) is 11.3 Å². The van der Waals surface area contributed by atoms with Crippen LogP contribution in [0.1, 0.15) is 31.1 Å². The smallest absolute Gasteiger partial charge is 0.103 e. The molecule has 0 aromatic carbocycles. The van der Waals surface area contributed by atoms with E-state index in [9.17, 15) is 5.26 Å². The van der Waals surface area contributed by atoms with Gasteiger partial charge < -0.3 is 4.57 Å². The zero-order valence-electron chi connectivity index (χ0n) is 10.6. The minimum absolute atomic E-state index is 0.236. The summed E-state index contributed by atoms with van der Waals surface area (Å²) in [6.07, 6.45) is 3.48. The molecule has 3 nitrogen and oxygen atoms in total. The van der Waals surface area contributed by atoms with E-state index in [1.54, 1.807) is 12.4 Å². The predicted molar refractivity (Wildman–Crippen MR) is 72.5 cm³/mol. The molecule has 0 saturated heterocycles. The quantitative estimate of drug-likeness (QED) is 0.819. The fourth-order valence-corrected chi connectivity index (χ4v) is 2.59. The van der Waals surface area contributed by atoms with Gasteiger partial charge in [0.2, 0.25) is 0 Å². The van der Waals surface area contributed by atoms with Gasteiger partial charge in [0.25, 0.3) is 0 Å². The second-order valence-electron chi connectivity index (χ2n) is 4.44. The highest BCUT2D eigenvalue weighted by Crippen LogP contribution is 2.36. The number of hydrogen-bond acceptors (Lipinski definition) is 2. The van der Waals surface area contributed by atoms with Crippen molar-refractivity contribution in [2.45, 2.75) is 26.8 Å². The molecule has 0 aliphatic rings. The lowest BCUT2D eigenvalue weighted by Gasteiger charge is -2.15. The SMILES string of the molecule is Cc1c(C#N)c(Cl)c(-c2cccnc2)n1C(C)C. The molecule has 4 heteroatoms. The molecule has 2 aromatic heterocycles. The van der Waals surface area contributed by atoms with Gasteiger partial charge in [-0.05, 0) is 32.9 Å². The van der Waals surface area contributed by atoms with E-state index in [2.05, 4.69) is 29.5 Å². The number of nitriles is 1. The number of nitrogens with zero attached hydrogens (tertiary/aromatic N) is 3. The first-order valence-corrected chi connectivity index (χ1v) is 6.16. The maximum absolute atomic E-state index is 9.20. The van der Waals surface area contributed by atoms with Crippen molar-refractivity contribution in [3.8, 4) is 17.3 Å². The Morgan fingerprint density at radius 2 is 2.17 bits per heavy atom. The largest absolute Gasteiger partial charge is 0.340 e. The van der Waals surface area contributed by atoms with Crippen LogP contribution in [0.3, 0.4) is 0 Å². The second-order valence-corrected chi connectivity index (χ2v) is 4.82. The van der Waals surface area contributed by atoms with Gasteiger partial charge in [-0.3, -0.25) is 4.98 Å². The molecule has 0 spiro atoms. The standard InChI is InChI=1S/C14H14ClN3/c1-9(2)18-10(3)12(7-16)13(15)14(18)11-5-4-6-17-8-11/h4-6,8-9H,1-3H3.